The van der Waals surface area contributed by atoms with Crippen LogP contribution in [0.4, 0.5) is 0 Å². The van der Waals surface area contributed by atoms with Crippen LogP contribution in [0, 0.1) is 0 Å². The number of hydrogen-bond donors (Lipinski definition) is 0. The molecule has 0 aliphatic rings. The quantitative estimate of drug-likeness (QED) is 0.274. The van der Waals surface area contributed by atoms with Crippen LogP contribution in [-0.4, -0.2) is 32.9 Å². The number of hydrogen-bond acceptors (Lipinski definition) is 5. The van der Waals surface area contributed by atoms with Gasteiger partial charge in [0.05, 0.1) is 12.4 Å². The lowest BCUT2D eigenvalue weighted by Gasteiger charge is -2.14. The van der Waals surface area contributed by atoms with Gasteiger partial charge < -0.3 is 9.30 Å². The van der Waals surface area contributed by atoms with E-state index in [0.29, 0.717) is 24.9 Å². The lowest BCUT2D eigenvalue weighted by atomic mass is 10.1. The fraction of sp³-hybridized carbons (Fsp3) is 0.261. The molecular weight excluding hydrogens is 382 g/mol. The molecule has 3 aromatic rings. The first-order chi connectivity index (χ1) is 14.2. The lowest BCUT2D eigenvalue weighted by molar-refractivity contribution is 0.0988. The van der Waals surface area contributed by atoms with E-state index in [4.69, 9.17) is 4.74 Å². The van der Waals surface area contributed by atoms with Crippen molar-refractivity contribution in [2.45, 2.75) is 36.7 Å². The summed E-state index contributed by atoms with van der Waals surface area (Å²) in [5.41, 5.74) is 1.84. The molecule has 0 aliphatic heterocycles. The Morgan fingerprint density at radius 2 is 1.90 bits per heavy atom. The third-order valence-corrected chi connectivity index (χ3v) is 5.94. The molecule has 0 fully saturated rings. The first kappa shape index (κ1) is 20.9. The maximum atomic E-state index is 13.0. The first-order valence-corrected chi connectivity index (χ1v) is 10.5. The zero-order chi connectivity index (χ0) is 20.6. The van der Waals surface area contributed by atoms with Gasteiger partial charge in [-0.3, -0.25) is 4.79 Å². The molecule has 0 spiro atoms. The van der Waals surface area contributed by atoms with Gasteiger partial charge in [-0.25, -0.2) is 0 Å². The fourth-order valence-electron chi connectivity index (χ4n) is 3.02. The monoisotopic (exact) mass is 407 g/mol. The Kier molecular flexibility index (Phi) is 7.25. The van der Waals surface area contributed by atoms with Crippen molar-refractivity contribution >= 4 is 17.5 Å². The maximum absolute atomic E-state index is 13.0. The molecule has 2 aromatic carbocycles. The SMILES string of the molecule is C=CCn1c(Cc2ccccc2)nnc1SC(CC)C(=O)c1ccc(OC)cc1. The van der Waals surface area contributed by atoms with Crippen molar-refractivity contribution < 1.29 is 9.53 Å². The summed E-state index contributed by atoms with van der Waals surface area (Å²) in [6, 6.07) is 17.4. The van der Waals surface area contributed by atoms with Crippen LogP contribution in [0.2, 0.25) is 0 Å². The van der Waals surface area contributed by atoms with Crippen molar-refractivity contribution in [2.75, 3.05) is 7.11 Å². The molecule has 0 radical (unpaired) electrons. The van der Waals surface area contributed by atoms with Crippen LogP contribution >= 0.6 is 11.8 Å². The number of benzene rings is 2. The number of thioether (sulfide) groups is 1. The van der Waals surface area contributed by atoms with Crippen molar-refractivity contribution in [1.29, 1.82) is 0 Å². The Labute approximate surface area is 175 Å². The molecule has 0 N–H and O–H groups in total. The molecule has 3 rings (SSSR count). The average Bonchev–Trinajstić information content (AvgIpc) is 3.13. The van der Waals surface area contributed by atoms with Gasteiger partial charge in [0.2, 0.25) is 0 Å². The number of aromatic nitrogens is 3. The third kappa shape index (κ3) is 5.15. The molecule has 1 unspecified atom stereocenters. The van der Waals surface area contributed by atoms with Crippen LogP contribution in [0.1, 0.15) is 35.1 Å². The second kappa shape index (κ2) is 10.1. The molecule has 6 heteroatoms. The molecule has 0 saturated heterocycles. The van der Waals surface area contributed by atoms with Crippen molar-refractivity contribution in [3.63, 3.8) is 0 Å². The average molecular weight is 408 g/mol. The number of carbonyl (C=O) groups is 1. The van der Waals surface area contributed by atoms with E-state index in [1.54, 1.807) is 19.2 Å². The highest BCUT2D eigenvalue weighted by atomic mass is 32.2. The van der Waals surface area contributed by atoms with Crippen molar-refractivity contribution in [2.24, 2.45) is 0 Å². The maximum Gasteiger partial charge on any atom is 0.192 e. The summed E-state index contributed by atoms with van der Waals surface area (Å²) >= 11 is 1.46. The van der Waals surface area contributed by atoms with E-state index in [9.17, 15) is 4.79 Å². The van der Waals surface area contributed by atoms with Crippen LogP contribution in [0.3, 0.4) is 0 Å². The minimum absolute atomic E-state index is 0.0814. The van der Waals surface area contributed by atoms with Gasteiger partial charge in [0.1, 0.15) is 11.6 Å². The Morgan fingerprint density at radius 3 is 2.52 bits per heavy atom. The minimum atomic E-state index is -0.235. The van der Waals surface area contributed by atoms with Crippen molar-refractivity contribution in [1.82, 2.24) is 14.8 Å². The fourth-order valence-corrected chi connectivity index (χ4v) is 4.08. The van der Waals surface area contributed by atoms with E-state index < -0.39 is 0 Å². The molecule has 150 valence electrons. The topological polar surface area (TPSA) is 57.0 Å². The van der Waals surface area contributed by atoms with Crippen LogP contribution < -0.4 is 4.74 Å². The molecule has 1 aromatic heterocycles. The number of nitrogens with zero attached hydrogens (tertiary/aromatic N) is 3. The van der Waals surface area contributed by atoms with Crippen LogP contribution in [0.15, 0.2) is 72.4 Å². The van der Waals surface area contributed by atoms with Gasteiger partial charge in [0, 0.05) is 18.5 Å². The summed E-state index contributed by atoms with van der Waals surface area (Å²) in [5, 5.41) is 9.27. The highest BCUT2D eigenvalue weighted by Gasteiger charge is 2.23. The molecule has 1 heterocycles. The number of ether oxygens (including phenoxy) is 1. The molecule has 5 nitrogen and oxygen atoms in total. The van der Waals surface area contributed by atoms with Gasteiger partial charge in [-0.1, -0.05) is 55.1 Å². The number of allylic oxidation sites excluding steroid dienone is 1. The second-order valence-electron chi connectivity index (χ2n) is 6.57. The summed E-state index contributed by atoms with van der Waals surface area (Å²) in [6.07, 6.45) is 3.21. The van der Waals surface area contributed by atoms with Gasteiger partial charge in [-0.15, -0.1) is 16.8 Å². The zero-order valence-corrected chi connectivity index (χ0v) is 17.6. The smallest absolute Gasteiger partial charge is 0.192 e. The number of ketones is 1. The summed E-state index contributed by atoms with van der Waals surface area (Å²) in [6.45, 7) is 6.47. The second-order valence-corrected chi connectivity index (χ2v) is 7.74. The van der Waals surface area contributed by atoms with E-state index in [1.807, 2.05) is 47.9 Å². The molecule has 0 bridgehead atoms. The Morgan fingerprint density at radius 1 is 1.17 bits per heavy atom. The molecule has 0 aliphatic carbocycles. The predicted molar refractivity (Wildman–Crippen MR) is 117 cm³/mol. The Bertz CT molecular complexity index is 952. The molecule has 0 amide bonds. The van der Waals surface area contributed by atoms with Gasteiger partial charge >= 0.3 is 0 Å². The predicted octanol–water partition coefficient (Wildman–Crippen LogP) is 4.82. The first-order valence-electron chi connectivity index (χ1n) is 9.58. The van der Waals surface area contributed by atoms with Gasteiger partial charge in [0.15, 0.2) is 10.9 Å². The summed E-state index contributed by atoms with van der Waals surface area (Å²) in [4.78, 5) is 13.0. The molecule has 1 atom stereocenters. The van der Waals surface area contributed by atoms with Crippen LogP contribution in [0.5, 0.6) is 5.75 Å². The van der Waals surface area contributed by atoms with E-state index in [1.165, 1.54) is 17.3 Å². The summed E-state index contributed by atoms with van der Waals surface area (Å²) in [7, 11) is 1.61. The zero-order valence-electron chi connectivity index (χ0n) is 16.7. The Hall–Kier alpha value is -2.86. The minimum Gasteiger partial charge on any atom is -0.497 e. The standard InChI is InChI=1S/C23H25N3O2S/c1-4-15-26-21(16-17-9-7-6-8-10-17)24-25-23(26)29-20(5-2)22(27)18-11-13-19(28-3)14-12-18/h4,6-14,20H,1,5,15-16H2,2-3H3. The van der Waals surface area contributed by atoms with E-state index in [-0.39, 0.29) is 11.0 Å². The van der Waals surface area contributed by atoms with Crippen LogP contribution in [0.25, 0.3) is 0 Å². The molecular formula is C23H25N3O2S. The van der Waals surface area contributed by atoms with Crippen molar-refractivity contribution in [3.05, 3.63) is 84.2 Å². The number of carbonyl (C=O) groups excluding carboxylic acids is 1. The summed E-state index contributed by atoms with van der Waals surface area (Å²) in [5.74, 6) is 1.68. The van der Waals surface area contributed by atoms with Crippen LogP contribution in [-0.2, 0) is 13.0 Å². The molecule has 0 saturated carbocycles. The largest absolute Gasteiger partial charge is 0.497 e. The highest BCUT2D eigenvalue weighted by molar-refractivity contribution is 8.00. The molecule has 29 heavy (non-hydrogen) atoms. The highest BCUT2D eigenvalue weighted by Crippen LogP contribution is 2.28. The van der Waals surface area contributed by atoms with E-state index in [2.05, 4.69) is 28.9 Å². The third-order valence-electron chi connectivity index (χ3n) is 4.60. The van der Waals surface area contributed by atoms with Gasteiger partial charge in [0.25, 0.3) is 0 Å². The summed E-state index contributed by atoms with van der Waals surface area (Å²) < 4.78 is 7.21. The number of rotatable bonds is 10. The van der Waals surface area contributed by atoms with Gasteiger partial charge in [-0.2, -0.15) is 0 Å². The van der Waals surface area contributed by atoms with E-state index in [0.717, 1.165) is 16.7 Å². The van der Waals surface area contributed by atoms with Gasteiger partial charge in [-0.05, 0) is 36.2 Å². The number of methoxy groups -OCH3 is 1. The normalized spacial score (nSPS) is 11.8. The van der Waals surface area contributed by atoms with E-state index >= 15 is 0 Å². The lowest BCUT2D eigenvalue weighted by Crippen LogP contribution is -2.17. The Balaban J connectivity index is 1.81. The number of Topliss-reactive ketones (excluding diaryl/α,β-unsaturated/α-hetero) is 1. The van der Waals surface area contributed by atoms with Crippen molar-refractivity contribution in [3.8, 4) is 5.75 Å².